The lowest BCUT2D eigenvalue weighted by molar-refractivity contribution is 1.07. The van der Waals surface area contributed by atoms with Crippen molar-refractivity contribution in [2.75, 3.05) is 0 Å². The molecule has 0 aliphatic heterocycles. The molecule has 2 heterocycles. The smallest absolute Gasteiger partial charge is 0.164 e. The molecule has 0 amide bonds. The number of rotatable bonds is 5. The van der Waals surface area contributed by atoms with Crippen LogP contribution < -0.4 is 0 Å². The zero-order chi connectivity index (χ0) is 36.3. The number of para-hydroxylation sites is 1. The van der Waals surface area contributed by atoms with Gasteiger partial charge in [0.15, 0.2) is 17.5 Å². The van der Waals surface area contributed by atoms with Gasteiger partial charge in [0.2, 0.25) is 0 Å². The van der Waals surface area contributed by atoms with Gasteiger partial charge in [-0.3, -0.25) is 0 Å². The molecule has 0 unspecified atom stereocenters. The van der Waals surface area contributed by atoms with E-state index in [1.165, 1.54) is 54.2 Å². The van der Waals surface area contributed by atoms with Gasteiger partial charge >= 0.3 is 0 Å². The van der Waals surface area contributed by atoms with Crippen LogP contribution in [0.15, 0.2) is 194 Å². The lowest BCUT2D eigenvalue weighted by Gasteiger charge is -2.12. The van der Waals surface area contributed by atoms with E-state index >= 15 is 0 Å². The molecule has 0 radical (unpaired) electrons. The molecular weight excluding hydrogens is 669 g/mol. The van der Waals surface area contributed by atoms with Crippen LogP contribution in [0.1, 0.15) is 0 Å². The summed E-state index contributed by atoms with van der Waals surface area (Å²) in [7, 11) is 0. The number of aromatic nitrogens is 4. The van der Waals surface area contributed by atoms with Crippen LogP contribution in [0.25, 0.3) is 105 Å². The lowest BCUT2D eigenvalue weighted by Crippen LogP contribution is -2.01. The van der Waals surface area contributed by atoms with Crippen molar-refractivity contribution in [3.8, 4) is 51.0 Å². The summed E-state index contributed by atoms with van der Waals surface area (Å²) >= 11 is 0. The molecule has 0 bridgehead atoms. The molecule has 11 rings (SSSR count). The summed E-state index contributed by atoms with van der Waals surface area (Å²) in [6.45, 7) is 0. The fourth-order valence-corrected chi connectivity index (χ4v) is 8.15. The van der Waals surface area contributed by atoms with Crippen LogP contribution in [-0.4, -0.2) is 19.5 Å². The summed E-state index contributed by atoms with van der Waals surface area (Å²) in [6.07, 6.45) is 0. The summed E-state index contributed by atoms with van der Waals surface area (Å²) in [5.74, 6) is 1.93. The average Bonchev–Trinajstić information content (AvgIpc) is 3.61. The fourth-order valence-electron chi connectivity index (χ4n) is 8.15. The van der Waals surface area contributed by atoms with E-state index in [9.17, 15) is 0 Å². The van der Waals surface area contributed by atoms with Gasteiger partial charge in [0, 0.05) is 33.2 Å². The van der Waals surface area contributed by atoms with Crippen molar-refractivity contribution in [2.24, 2.45) is 0 Å². The number of hydrogen-bond acceptors (Lipinski definition) is 3. The molecule has 0 fully saturated rings. The topological polar surface area (TPSA) is 43.6 Å². The van der Waals surface area contributed by atoms with Crippen molar-refractivity contribution in [2.45, 2.75) is 0 Å². The quantitative estimate of drug-likeness (QED) is 0.168. The van der Waals surface area contributed by atoms with E-state index in [4.69, 9.17) is 15.0 Å². The van der Waals surface area contributed by atoms with Gasteiger partial charge in [-0.15, -0.1) is 0 Å². The highest BCUT2D eigenvalue weighted by Crippen LogP contribution is 2.39. The summed E-state index contributed by atoms with van der Waals surface area (Å²) in [5, 5.41) is 9.96. The van der Waals surface area contributed by atoms with Crippen molar-refractivity contribution in [3.63, 3.8) is 0 Å². The third-order valence-corrected chi connectivity index (χ3v) is 10.8. The minimum atomic E-state index is 0.633. The molecule has 4 nitrogen and oxygen atoms in total. The molecule has 0 aliphatic rings. The maximum absolute atomic E-state index is 5.03. The SMILES string of the molecule is c1ccc(-c2nc(-c3ccccc3)nc(-c3cccc(-n4c5ccccc5c5c6cc(-c7ccc8ccc9ccccc9c8c7)ccc6ccc54)c3)n2)cc1. The summed E-state index contributed by atoms with van der Waals surface area (Å²) in [6, 6.07) is 68.9. The van der Waals surface area contributed by atoms with E-state index in [0.717, 1.165) is 33.4 Å². The third-order valence-electron chi connectivity index (χ3n) is 10.8. The molecule has 0 spiro atoms. The Hall–Kier alpha value is -7.43. The molecule has 0 N–H and O–H groups in total. The second-order valence-electron chi connectivity index (χ2n) is 14.1. The highest BCUT2D eigenvalue weighted by molar-refractivity contribution is 6.22. The van der Waals surface area contributed by atoms with Gasteiger partial charge in [0.1, 0.15) is 0 Å². The highest BCUT2D eigenvalue weighted by atomic mass is 15.0. The van der Waals surface area contributed by atoms with Crippen LogP contribution in [0.2, 0.25) is 0 Å². The van der Waals surface area contributed by atoms with Gasteiger partial charge in [-0.05, 0) is 79.8 Å². The predicted octanol–water partition coefficient (Wildman–Crippen LogP) is 13.1. The summed E-state index contributed by atoms with van der Waals surface area (Å²) in [4.78, 5) is 15.0. The van der Waals surface area contributed by atoms with E-state index in [-0.39, 0.29) is 0 Å². The monoisotopic (exact) mass is 700 g/mol. The largest absolute Gasteiger partial charge is 0.309 e. The Morgan fingerprint density at radius 2 is 0.800 bits per heavy atom. The first-order valence-electron chi connectivity index (χ1n) is 18.6. The molecule has 0 aliphatic carbocycles. The minimum absolute atomic E-state index is 0.633. The maximum atomic E-state index is 5.03. The molecule has 11 aromatic rings. The van der Waals surface area contributed by atoms with Gasteiger partial charge in [-0.25, -0.2) is 15.0 Å². The van der Waals surface area contributed by atoms with E-state index < -0.39 is 0 Å². The first-order chi connectivity index (χ1) is 27.2. The summed E-state index contributed by atoms with van der Waals surface area (Å²) in [5.41, 5.74) is 8.58. The molecule has 9 aromatic carbocycles. The maximum Gasteiger partial charge on any atom is 0.164 e. The second kappa shape index (κ2) is 12.6. The van der Waals surface area contributed by atoms with Crippen LogP contribution >= 0.6 is 0 Å². The molecule has 2 aromatic heterocycles. The van der Waals surface area contributed by atoms with E-state index in [1.54, 1.807) is 0 Å². The number of benzene rings is 9. The van der Waals surface area contributed by atoms with Gasteiger partial charge in [0.25, 0.3) is 0 Å². The van der Waals surface area contributed by atoms with Gasteiger partial charge in [0.05, 0.1) is 11.0 Å². The Morgan fingerprint density at radius 1 is 0.291 bits per heavy atom. The molecular formula is C51H32N4. The van der Waals surface area contributed by atoms with E-state index in [2.05, 4.69) is 138 Å². The molecule has 4 heteroatoms. The molecule has 0 atom stereocenters. The van der Waals surface area contributed by atoms with E-state index in [0.29, 0.717) is 17.5 Å². The van der Waals surface area contributed by atoms with Crippen LogP contribution in [0.3, 0.4) is 0 Å². The average molecular weight is 701 g/mol. The van der Waals surface area contributed by atoms with Gasteiger partial charge < -0.3 is 4.57 Å². The van der Waals surface area contributed by atoms with Crippen molar-refractivity contribution >= 4 is 54.1 Å². The number of hydrogen-bond donors (Lipinski definition) is 0. The zero-order valence-electron chi connectivity index (χ0n) is 29.8. The van der Waals surface area contributed by atoms with Crippen LogP contribution in [0, 0.1) is 0 Å². The van der Waals surface area contributed by atoms with Crippen molar-refractivity contribution in [3.05, 3.63) is 194 Å². The third kappa shape index (κ3) is 5.26. The molecule has 256 valence electrons. The Balaban J connectivity index is 1.09. The van der Waals surface area contributed by atoms with Crippen LogP contribution in [0.4, 0.5) is 0 Å². The Bertz CT molecular complexity index is 3200. The van der Waals surface area contributed by atoms with Gasteiger partial charge in [-0.1, -0.05) is 158 Å². The second-order valence-corrected chi connectivity index (χ2v) is 14.1. The molecule has 0 saturated heterocycles. The summed E-state index contributed by atoms with van der Waals surface area (Å²) < 4.78 is 2.37. The van der Waals surface area contributed by atoms with Gasteiger partial charge in [-0.2, -0.15) is 0 Å². The Morgan fingerprint density at radius 3 is 1.51 bits per heavy atom. The molecule has 0 saturated carbocycles. The zero-order valence-corrected chi connectivity index (χ0v) is 29.8. The minimum Gasteiger partial charge on any atom is -0.309 e. The Kier molecular flexibility index (Phi) is 7.14. The van der Waals surface area contributed by atoms with Crippen molar-refractivity contribution in [1.82, 2.24) is 19.5 Å². The Labute approximate surface area is 317 Å². The number of nitrogens with zero attached hydrogens (tertiary/aromatic N) is 4. The fraction of sp³-hybridized carbons (Fsp3) is 0. The number of fused-ring (bicyclic) bond motifs is 8. The normalized spacial score (nSPS) is 11.6. The van der Waals surface area contributed by atoms with E-state index in [1.807, 2.05) is 60.7 Å². The first kappa shape index (κ1) is 31.1. The van der Waals surface area contributed by atoms with Crippen LogP contribution in [0.5, 0.6) is 0 Å². The first-order valence-corrected chi connectivity index (χ1v) is 18.6. The lowest BCUT2D eigenvalue weighted by atomic mass is 9.95. The molecule has 55 heavy (non-hydrogen) atoms. The standard InChI is InChI=1S/C51H32N4/c1-3-13-36(14-4-1)49-52-50(37-15-5-2-6-16-37)54-51(53-49)40-17-11-18-41(30-40)55-46-21-10-9-20-43(46)48-45-32-39(27-25-35(45)28-29-47(48)55)38-26-24-34-23-22-33-12-7-8-19-42(33)44(34)31-38/h1-32H. The predicted molar refractivity (Wildman–Crippen MR) is 228 cm³/mol. The van der Waals surface area contributed by atoms with Crippen molar-refractivity contribution in [1.29, 1.82) is 0 Å². The van der Waals surface area contributed by atoms with Crippen LogP contribution in [-0.2, 0) is 0 Å². The highest BCUT2D eigenvalue weighted by Gasteiger charge is 2.18. The van der Waals surface area contributed by atoms with Crippen molar-refractivity contribution < 1.29 is 0 Å².